The molecule has 0 unspecified atom stereocenters. The van der Waals surface area contributed by atoms with Crippen LogP contribution < -0.4 is 15.5 Å². The summed E-state index contributed by atoms with van der Waals surface area (Å²) in [5.41, 5.74) is 2.18. The molecule has 1 aromatic rings. The van der Waals surface area contributed by atoms with Crippen LogP contribution in [0.3, 0.4) is 0 Å². The molecule has 1 saturated heterocycles. The smallest absolute Gasteiger partial charge is 0.222 e. The van der Waals surface area contributed by atoms with Crippen LogP contribution in [-0.2, 0) is 4.79 Å². The molecule has 1 fully saturated rings. The predicted octanol–water partition coefficient (Wildman–Crippen LogP) is 1.48. The molecule has 1 aromatic heterocycles. The molecular formula is C14H22N4O. The zero-order valence-corrected chi connectivity index (χ0v) is 11.6. The van der Waals surface area contributed by atoms with Gasteiger partial charge in [-0.15, -0.1) is 0 Å². The minimum absolute atomic E-state index is 0.158. The lowest BCUT2D eigenvalue weighted by atomic mass is 9.96. The van der Waals surface area contributed by atoms with E-state index in [0.29, 0.717) is 0 Å². The Balaban J connectivity index is 1.97. The van der Waals surface area contributed by atoms with Gasteiger partial charge in [-0.3, -0.25) is 9.78 Å². The highest BCUT2D eigenvalue weighted by Gasteiger charge is 2.24. The predicted molar refractivity (Wildman–Crippen MR) is 77.4 cm³/mol. The summed E-state index contributed by atoms with van der Waals surface area (Å²) < 4.78 is 0. The van der Waals surface area contributed by atoms with Gasteiger partial charge in [-0.05, 0) is 25.8 Å². The van der Waals surface area contributed by atoms with E-state index < -0.39 is 0 Å². The highest BCUT2D eigenvalue weighted by molar-refractivity contribution is 5.78. The zero-order valence-electron chi connectivity index (χ0n) is 11.6. The van der Waals surface area contributed by atoms with Gasteiger partial charge in [0.15, 0.2) is 0 Å². The summed E-state index contributed by atoms with van der Waals surface area (Å²) in [7, 11) is 1.71. The van der Waals surface area contributed by atoms with E-state index in [1.807, 2.05) is 12.4 Å². The number of nitrogens with zero attached hydrogens (tertiary/aromatic N) is 2. The topological polar surface area (TPSA) is 57.3 Å². The van der Waals surface area contributed by atoms with Gasteiger partial charge in [-0.2, -0.15) is 0 Å². The third-order valence-electron chi connectivity index (χ3n) is 3.58. The fraction of sp³-hybridized carbons (Fsp3) is 0.571. The lowest BCUT2D eigenvalue weighted by molar-refractivity contribution is -0.125. The molecule has 0 radical (unpaired) electrons. The molecule has 5 heteroatoms. The third kappa shape index (κ3) is 3.36. The van der Waals surface area contributed by atoms with Crippen LogP contribution in [0, 0.1) is 5.92 Å². The van der Waals surface area contributed by atoms with Gasteiger partial charge < -0.3 is 15.5 Å². The molecule has 19 heavy (non-hydrogen) atoms. The van der Waals surface area contributed by atoms with Crippen LogP contribution in [0.5, 0.6) is 0 Å². The number of amides is 1. The highest BCUT2D eigenvalue weighted by atomic mass is 16.1. The van der Waals surface area contributed by atoms with E-state index in [9.17, 15) is 4.79 Å². The Morgan fingerprint density at radius 2 is 2.16 bits per heavy atom. The third-order valence-corrected chi connectivity index (χ3v) is 3.58. The van der Waals surface area contributed by atoms with Crippen LogP contribution in [-0.4, -0.2) is 37.6 Å². The normalized spacial score (nSPS) is 16.2. The van der Waals surface area contributed by atoms with Gasteiger partial charge in [0.1, 0.15) is 0 Å². The molecule has 0 atom stereocenters. The Morgan fingerprint density at radius 3 is 2.79 bits per heavy atom. The summed E-state index contributed by atoms with van der Waals surface area (Å²) >= 11 is 0. The molecule has 1 aliphatic rings. The molecule has 104 valence electrons. The minimum Gasteiger partial charge on any atom is -0.384 e. The van der Waals surface area contributed by atoms with Crippen molar-refractivity contribution in [3.05, 3.63) is 18.5 Å². The average molecular weight is 262 g/mol. The maximum atomic E-state index is 11.6. The van der Waals surface area contributed by atoms with Crippen molar-refractivity contribution in [2.45, 2.75) is 19.8 Å². The maximum Gasteiger partial charge on any atom is 0.222 e. The van der Waals surface area contributed by atoms with Crippen LogP contribution in [0.2, 0.25) is 0 Å². The van der Waals surface area contributed by atoms with Gasteiger partial charge in [-0.1, -0.05) is 0 Å². The van der Waals surface area contributed by atoms with Crippen LogP contribution in [0.4, 0.5) is 11.4 Å². The SMILES string of the molecule is CCNc1cncc(N2CCC(C(=O)NC)CC2)c1. The van der Waals surface area contributed by atoms with Crippen LogP contribution in [0.25, 0.3) is 0 Å². The lowest BCUT2D eigenvalue weighted by Gasteiger charge is -2.32. The molecule has 2 rings (SSSR count). The first-order valence-corrected chi connectivity index (χ1v) is 6.90. The van der Waals surface area contributed by atoms with Gasteiger partial charge in [0.25, 0.3) is 0 Å². The fourth-order valence-corrected chi connectivity index (χ4v) is 2.51. The molecule has 2 heterocycles. The molecular weight excluding hydrogens is 240 g/mol. The lowest BCUT2D eigenvalue weighted by Crippen LogP contribution is -2.39. The first-order valence-electron chi connectivity index (χ1n) is 6.90. The second kappa shape index (κ2) is 6.41. The number of hydrogen-bond acceptors (Lipinski definition) is 4. The fourth-order valence-electron chi connectivity index (χ4n) is 2.51. The molecule has 1 aliphatic heterocycles. The van der Waals surface area contributed by atoms with E-state index in [0.717, 1.165) is 43.9 Å². The van der Waals surface area contributed by atoms with Gasteiger partial charge >= 0.3 is 0 Å². The molecule has 2 N–H and O–H groups in total. The standard InChI is InChI=1S/C14H22N4O/c1-3-17-12-8-13(10-16-9-12)18-6-4-11(5-7-18)14(19)15-2/h8-11,17H,3-7H2,1-2H3,(H,15,19). The molecule has 0 spiro atoms. The van der Waals surface area contributed by atoms with E-state index >= 15 is 0 Å². The van der Waals surface area contributed by atoms with Crippen molar-refractivity contribution in [3.63, 3.8) is 0 Å². The van der Waals surface area contributed by atoms with E-state index in [1.54, 1.807) is 7.05 Å². The molecule has 0 aromatic carbocycles. The first-order chi connectivity index (χ1) is 9.24. The number of carbonyl (C=O) groups excluding carboxylic acids is 1. The number of rotatable bonds is 4. The Morgan fingerprint density at radius 1 is 1.42 bits per heavy atom. The quantitative estimate of drug-likeness (QED) is 0.863. The maximum absolute atomic E-state index is 11.6. The summed E-state index contributed by atoms with van der Waals surface area (Å²) in [6.45, 7) is 4.79. The van der Waals surface area contributed by atoms with Gasteiger partial charge in [-0.25, -0.2) is 0 Å². The second-order valence-corrected chi connectivity index (χ2v) is 4.84. The molecule has 0 aliphatic carbocycles. The summed E-state index contributed by atoms with van der Waals surface area (Å²) in [4.78, 5) is 18.2. The molecule has 0 saturated carbocycles. The van der Waals surface area contributed by atoms with E-state index in [2.05, 4.69) is 33.5 Å². The average Bonchev–Trinajstić information content (AvgIpc) is 2.47. The Hall–Kier alpha value is -1.78. The Labute approximate surface area is 114 Å². The Kier molecular flexibility index (Phi) is 4.60. The number of piperidine rings is 1. The molecule has 1 amide bonds. The summed E-state index contributed by atoms with van der Waals surface area (Å²) in [6, 6.07) is 2.12. The monoisotopic (exact) mass is 262 g/mol. The highest BCUT2D eigenvalue weighted by Crippen LogP contribution is 2.24. The minimum atomic E-state index is 0.158. The molecule has 5 nitrogen and oxygen atoms in total. The number of hydrogen-bond donors (Lipinski definition) is 2. The van der Waals surface area contributed by atoms with E-state index in [4.69, 9.17) is 0 Å². The summed E-state index contributed by atoms with van der Waals surface area (Å²) in [5.74, 6) is 0.324. The van der Waals surface area contributed by atoms with Crippen molar-refractivity contribution in [1.29, 1.82) is 0 Å². The van der Waals surface area contributed by atoms with Crippen LogP contribution >= 0.6 is 0 Å². The van der Waals surface area contributed by atoms with Crippen molar-refractivity contribution in [2.75, 3.05) is 36.9 Å². The van der Waals surface area contributed by atoms with Gasteiger partial charge in [0, 0.05) is 32.6 Å². The van der Waals surface area contributed by atoms with Crippen molar-refractivity contribution < 1.29 is 4.79 Å². The van der Waals surface area contributed by atoms with Crippen molar-refractivity contribution in [2.24, 2.45) is 5.92 Å². The van der Waals surface area contributed by atoms with Crippen molar-refractivity contribution in [3.8, 4) is 0 Å². The van der Waals surface area contributed by atoms with Gasteiger partial charge in [0.2, 0.25) is 5.91 Å². The van der Waals surface area contributed by atoms with E-state index in [-0.39, 0.29) is 11.8 Å². The van der Waals surface area contributed by atoms with Crippen LogP contribution in [0.1, 0.15) is 19.8 Å². The van der Waals surface area contributed by atoms with Crippen molar-refractivity contribution >= 4 is 17.3 Å². The number of nitrogens with one attached hydrogen (secondary N) is 2. The first kappa shape index (κ1) is 13.6. The van der Waals surface area contributed by atoms with Gasteiger partial charge in [0.05, 0.1) is 23.8 Å². The largest absolute Gasteiger partial charge is 0.384 e. The Bertz CT molecular complexity index is 427. The molecule has 0 bridgehead atoms. The van der Waals surface area contributed by atoms with Crippen LogP contribution in [0.15, 0.2) is 18.5 Å². The van der Waals surface area contributed by atoms with E-state index in [1.165, 1.54) is 0 Å². The zero-order chi connectivity index (χ0) is 13.7. The second-order valence-electron chi connectivity index (χ2n) is 4.84. The van der Waals surface area contributed by atoms with Crippen molar-refractivity contribution in [1.82, 2.24) is 10.3 Å². The number of aromatic nitrogens is 1. The number of carbonyl (C=O) groups is 1. The summed E-state index contributed by atoms with van der Waals surface area (Å²) in [6.07, 6.45) is 5.54. The number of pyridine rings is 1. The summed E-state index contributed by atoms with van der Waals surface area (Å²) in [5, 5.41) is 6.01. The number of anilines is 2.